The summed E-state index contributed by atoms with van der Waals surface area (Å²) < 4.78 is 19.0. The van der Waals surface area contributed by atoms with E-state index in [2.05, 4.69) is 15.6 Å². The second-order valence-electron chi connectivity index (χ2n) is 5.81. The van der Waals surface area contributed by atoms with Crippen LogP contribution in [0.3, 0.4) is 0 Å². The van der Waals surface area contributed by atoms with Gasteiger partial charge < -0.3 is 15.4 Å². The van der Waals surface area contributed by atoms with Gasteiger partial charge in [0.25, 0.3) is 5.91 Å². The minimum Gasteiger partial charge on any atom is -0.481 e. The van der Waals surface area contributed by atoms with Gasteiger partial charge >= 0.3 is 0 Å². The maximum absolute atomic E-state index is 14.0. The molecule has 1 atom stereocenters. The van der Waals surface area contributed by atoms with Crippen molar-refractivity contribution in [2.24, 2.45) is 0 Å². The Bertz CT molecular complexity index is 722. The number of benzene rings is 1. The Hall–Kier alpha value is -2.47. The summed E-state index contributed by atoms with van der Waals surface area (Å²) in [5, 5.41) is 6.12. The first-order chi connectivity index (χ1) is 12.0. The van der Waals surface area contributed by atoms with Gasteiger partial charge in [-0.1, -0.05) is 19.1 Å². The summed E-state index contributed by atoms with van der Waals surface area (Å²) in [7, 11) is 1.50. The van der Waals surface area contributed by atoms with Crippen LogP contribution in [-0.2, 0) is 6.54 Å². The molecular formula is C19H24FN3O2. The van der Waals surface area contributed by atoms with Crippen LogP contribution in [0, 0.1) is 5.82 Å². The fourth-order valence-electron chi connectivity index (χ4n) is 2.42. The molecule has 25 heavy (non-hydrogen) atoms. The zero-order valence-electron chi connectivity index (χ0n) is 14.8. The molecule has 0 aliphatic carbocycles. The number of nitrogens with zero attached hydrogens (tertiary/aromatic N) is 1. The maximum Gasteiger partial charge on any atom is 0.251 e. The van der Waals surface area contributed by atoms with Crippen LogP contribution >= 0.6 is 0 Å². The summed E-state index contributed by atoms with van der Waals surface area (Å²) in [5.74, 6) is -0.0881. The molecule has 5 nitrogen and oxygen atoms in total. The van der Waals surface area contributed by atoms with Crippen molar-refractivity contribution in [3.63, 3.8) is 0 Å². The summed E-state index contributed by atoms with van der Waals surface area (Å²) in [5.41, 5.74) is 2.07. The Morgan fingerprint density at radius 1 is 1.36 bits per heavy atom. The van der Waals surface area contributed by atoms with E-state index in [1.165, 1.54) is 7.11 Å². The van der Waals surface area contributed by atoms with Gasteiger partial charge in [0, 0.05) is 36.3 Å². The standard InChI is InChI=1S/C19H24FN3O2/c1-4-8-21-19(24)15-7-5-6-14(9-15)11-22-13(2)16-10-18(25-3)23-12-17(16)20/h5-7,9-10,12-13,22H,4,8,11H2,1-3H3,(H,21,24). The summed E-state index contributed by atoms with van der Waals surface area (Å²) >= 11 is 0. The van der Waals surface area contributed by atoms with E-state index in [-0.39, 0.29) is 17.8 Å². The smallest absolute Gasteiger partial charge is 0.251 e. The predicted molar refractivity (Wildman–Crippen MR) is 95.1 cm³/mol. The lowest BCUT2D eigenvalue weighted by Crippen LogP contribution is -2.24. The molecule has 0 aliphatic heterocycles. The van der Waals surface area contributed by atoms with Crippen molar-refractivity contribution >= 4 is 5.91 Å². The van der Waals surface area contributed by atoms with Crippen LogP contribution in [0.15, 0.2) is 36.5 Å². The Morgan fingerprint density at radius 3 is 2.88 bits per heavy atom. The zero-order chi connectivity index (χ0) is 18.2. The molecule has 1 amide bonds. The van der Waals surface area contributed by atoms with Crippen LogP contribution in [0.5, 0.6) is 5.88 Å². The van der Waals surface area contributed by atoms with Crippen molar-refractivity contribution in [3.05, 3.63) is 59.0 Å². The average molecular weight is 345 g/mol. The summed E-state index contributed by atoms with van der Waals surface area (Å²) in [4.78, 5) is 15.9. The van der Waals surface area contributed by atoms with Crippen molar-refractivity contribution in [1.29, 1.82) is 0 Å². The first-order valence-electron chi connectivity index (χ1n) is 8.35. The van der Waals surface area contributed by atoms with Crippen molar-refractivity contribution < 1.29 is 13.9 Å². The highest BCUT2D eigenvalue weighted by molar-refractivity contribution is 5.94. The lowest BCUT2D eigenvalue weighted by molar-refractivity contribution is 0.0953. The molecule has 1 unspecified atom stereocenters. The number of hydrogen-bond acceptors (Lipinski definition) is 4. The number of amides is 1. The lowest BCUT2D eigenvalue weighted by atomic mass is 10.1. The number of rotatable bonds is 8. The quantitative estimate of drug-likeness (QED) is 0.771. The second kappa shape index (κ2) is 9.13. The van der Waals surface area contributed by atoms with Crippen molar-refractivity contribution in [3.8, 4) is 5.88 Å². The van der Waals surface area contributed by atoms with Crippen LogP contribution in [0.4, 0.5) is 4.39 Å². The molecule has 0 bridgehead atoms. The highest BCUT2D eigenvalue weighted by atomic mass is 19.1. The third kappa shape index (κ3) is 5.26. The van der Waals surface area contributed by atoms with E-state index < -0.39 is 0 Å². The first-order valence-corrected chi connectivity index (χ1v) is 8.35. The second-order valence-corrected chi connectivity index (χ2v) is 5.81. The summed E-state index contributed by atoms with van der Waals surface area (Å²) in [6.45, 7) is 5.05. The highest BCUT2D eigenvalue weighted by Gasteiger charge is 2.13. The minimum absolute atomic E-state index is 0.0818. The van der Waals surface area contributed by atoms with Gasteiger partial charge in [-0.05, 0) is 31.0 Å². The zero-order valence-corrected chi connectivity index (χ0v) is 14.8. The Labute approximate surface area is 147 Å². The number of carbonyl (C=O) groups excluding carboxylic acids is 1. The van der Waals surface area contributed by atoms with E-state index in [1.807, 2.05) is 32.0 Å². The molecule has 134 valence electrons. The van der Waals surface area contributed by atoms with E-state index in [4.69, 9.17) is 4.74 Å². The first kappa shape index (κ1) is 18.9. The van der Waals surface area contributed by atoms with Gasteiger partial charge in [0.2, 0.25) is 5.88 Å². The highest BCUT2D eigenvalue weighted by Crippen LogP contribution is 2.20. The van der Waals surface area contributed by atoms with Gasteiger partial charge in [-0.25, -0.2) is 9.37 Å². The number of carbonyl (C=O) groups is 1. The van der Waals surface area contributed by atoms with Crippen molar-refractivity contribution in [1.82, 2.24) is 15.6 Å². The molecule has 2 aromatic rings. The molecule has 2 N–H and O–H groups in total. The predicted octanol–water partition coefficient (Wildman–Crippen LogP) is 3.22. The Kier molecular flexibility index (Phi) is 6.89. The monoisotopic (exact) mass is 345 g/mol. The number of ether oxygens (including phenoxy) is 1. The van der Waals surface area contributed by atoms with Gasteiger partial charge in [-0.15, -0.1) is 0 Å². The van der Waals surface area contributed by atoms with Crippen molar-refractivity contribution in [2.75, 3.05) is 13.7 Å². The van der Waals surface area contributed by atoms with Crippen LogP contribution in [0.2, 0.25) is 0 Å². The van der Waals surface area contributed by atoms with E-state index in [0.717, 1.165) is 18.2 Å². The van der Waals surface area contributed by atoms with Gasteiger partial charge in [0.1, 0.15) is 5.82 Å². The van der Waals surface area contributed by atoms with Gasteiger partial charge in [-0.2, -0.15) is 0 Å². The number of halogens is 1. The fraction of sp³-hybridized carbons (Fsp3) is 0.368. The molecule has 1 heterocycles. The van der Waals surface area contributed by atoms with Crippen LogP contribution in [-0.4, -0.2) is 24.5 Å². The molecule has 2 rings (SSSR count). The molecule has 0 saturated carbocycles. The van der Waals surface area contributed by atoms with Crippen LogP contribution in [0.25, 0.3) is 0 Å². The summed E-state index contributed by atoms with van der Waals surface area (Å²) in [6.07, 6.45) is 2.05. The maximum atomic E-state index is 14.0. The number of hydrogen-bond donors (Lipinski definition) is 2. The Morgan fingerprint density at radius 2 is 2.16 bits per heavy atom. The van der Waals surface area contributed by atoms with Gasteiger partial charge in [-0.3, -0.25) is 4.79 Å². The van der Waals surface area contributed by atoms with E-state index >= 15 is 0 Å². The van der Waals surface area contributed by atoms with Crippen molar-refractivity contribution in [2.45, 2.75) is 32.9 Å². The minimum atomic E-state index is -0.381. The molecule has 0 radical (unpaired) electrons. The van der Waals surface area contributed by atoms with Gasteiger partial charge in [0.05, 0.1) is 13.3 Å². The average Bonchev–Trinajstić information content (AvgIpc) is 2.64. The lowest BCUT2D eigenvalue weighted by Gasteiger charge is -2.16. The third-order valence-electron chi connectivity index (χ3n) is 3.87. The number of methoxy groups -OCH3 is 1. The van der Waals surface area contributed by atoms with E-state index in [0.29, 0.717) is 30.1 Å². The Balaban J connectivity index is 2.02. The third-order valence-corrected chi connectivity index (χ3v) is 3.87. The number of pyridine rings is 1. The number of nitrogens with one attached hydrogen (secondary N) is 2. The van der Waals surface area contributed by atoms with Gasteiger partial charge in [0.15, 0.2) is 0 Å². The molecular weight excluding hydrogens is 321 g/mol. The molecule has 0 saturated heterocycles. The van der Waals surface area contributed by atoms with E-state index in [9.17, 15) is 9.18 Å². The topological polar surface area (TPSA) is 63.2 Å². The number of aromatic nitrogens is 1. The molecule has 0 aliphatic rings. The van der Waals surface area contributed by atoms with Crippen LogP contribution < -0.4 is 15.4 Å². The fourth-order valence-corrected chi connectivity index (χ4v) is 2.42. The molecule has 6 heteroatoms. The SMILES string of the molecule is CCCNC(=O)c1cccc(CNC(C)c2cc(OC)ncc2F)c1. The molecule has 0 spiro atoms. The largest absolute Gasteiger partial charge is 0.481 e. The normalized spacial score (nSPS) is 11.8. The molecule has 1 aromatic heterocycles. The van der Waals surface area contributed by atoms with E-state index in [1.54, 1.807) is 12.1 Å². The molecule has 0 fully saturated rings. The summed E-state index contributed by atoms with van der Waals surface area (Å²) in [6, 6.07) is 8.76. The molecule has 1 aromatic carbocycles. The van der Waals surface area contributed by atoms with Crippen LogP contribution in [0.1, 0.15) is 47.8 Å².